The third-order valence-electron chi connectivity index (χ3n) is 2.87. The molecule has 0 aliphatic carbocycles. The SMILES string of the molecule is Cc1cn(C(C)C)c2cccc(C(N)=O)c12. The van der Waals surface area contributed by atoms with E-state index in [9.17, 15) is 4.79 Å². The second-order valence-electron chi connectivity index (χ2n) is 4.38. The molecule has 0 saturated heterocycles. The summed E-state index contributed by atoms with van der Waals surface area (Å²) in [7, 11) is 0. The molecule has 2 N–H and O–H groups in total. The van der Waals surface area contributed by atoms with Gasteiger partial charge in [-0.15, -0.1) is 0 Å². The molecule has 0 spiro atoms. The number of nitrogens with zero attached hydrogens (tertiary/aromatic N) is 1. The molecule has 3 nitrogen and oxygen atoms in total. The van der Waals surface area contributed by atoms with Crippen LogP contribution in [0.5, 0.6) is 0 Å². The van der Waals surface area contributed by atoms with Crippen LogP contribution in [0, 0.1) is 6.92 Å². The van der Waals surface area contributed by atoms with Gasteiger partial charge >= 0.3 is 0 Å². The summed E-state index contributed by atoms with van der Waals surface area (Å²) in [6.45, 7) is 6.25. The zero-order valence-corrected chi connectivity index (χ0v) is 9.82. The van der Waals surface area contributed by atoms with Crippen molar-refractivity contribution >= 4 is 16.8 Å². The maximum Gasteiger partial charge on any atom is 0.249 e. The number of rotatable bonds is 2. The van der Waals surface area contributed by atoms with Gasteiger partial charge in [-0.3, -0.25) is 4.79 Å². The number of hydrogen-bond donors (Lipinski definition) is 1. The number of carbonyl (C=O) groups excluding carboxylic acids is 1. The Morgan fingerprint density at radius 1 is 1.38 bits per heavy atom. The molecule has 1 aromatic heterocycles. The van der Waals surface area contributed by atoms with Crippen molar-refractivity contribution in [2.24, 2.45) is 5.73 Å². The monoisotopic (exact) mass is 216 g/mol. The summed E-state index contributed by atoms with van der Waals surface area (Å²) in [5, 5.41) is 0.976. The molecule has 1 aromatic carbocycles. The smallest absolute Gasteiger partial charge is 0.249 e. The summed E-state index contributed by atoms with van der Waals surface area (Å²) in [4.78, 5) is 11.4. The van der Waals surface area contributed by atoms with Crippen molar-refractivity contribution in [3.05, 3.63) is 35.5 Å². The third-order valence-corrected chi connectivity index (χ3v) is 2.87. The van der Waals surface area contributed by atoms with Gasteiger partial charge in [-0.25, -0.2) is 0 Å². The predicted octanol–water partition coefficient (Wildman–Crippen LogP) is 2.63. The van der Waals surface area contributed by atoms with Crippen LogP contribution in [0.25, 0.3) is 10.9 Å². The highest BCUT2D eigenvalue weighted by molar-refractivity contribution is 6.07. The minimum atomic E-state index is -0.366. The van der Waals surface area contributed by atoms with Crippen molar-refractivity contribution in [1.82, 2.24) is 4.57 Å². The third kappa shape index (κ3) is 1.48. The van der Waals surface area contributed by atoms with Crippen molar-refractivity contribution in [2.45, 2.75) is 26.8 Å². The molecule has 0 atom stereocenters. The van der Waals surface area contributed by atoms with Crippen molar-refractivity contribution in [3.8, 4) is 0 Å². The van der Waals surface area contributed by atoms with Crippen LogP contribution in [-0.2, 0) is 0 Å². The number of hydrogen-bond acceptors (Lipinski definition) is 1. The van der Waals surface area contributed by atoms with Crippen LogP contribution in [-0.4, -0.2) is 10.5 Å². The Kier molecular flexibility index (Phi) is 2.46. The second-order valence-corrected chi connectivity index (χ2v) is 4.38. The van der Waals surface area contributed by atoms with Crippen LogP contribution in [0.4, 0.5) is 0 Å². The van der Waals surface area contributed by atoms with Gasteiger partial charge in [-0.1, -0.05) is 6.07 Å². The summed E-state index contributed by atoms with van der Waals surface area (Å²) in [6.07, 6.45) is 2.07. The van der Waals surface area contributed by atoms with E-state index in [1.165, 1.54) is 0 Å². The number of primary amides is 1. The summed E-state index contributed by atoms with van der Waals surface area (Å²) in [5.74, 6) is -0.366. The molecule has 16 heavy (non-hydrogen) atoms. The summed E-state index contributed by atoms with van der Waals surface area (Å²) >= 11 is 0. The number of fused-ring (bicyclic) bond motifs is 1. The van der Waals surface area contributed by atoms with Gasteiger partial charge in [0.05, 0.1) is 0 Å². The van der Waals surface area contributed by atoms with Crippen LogP contribution in [0.1, 0.15) is 35.8 Å². The van der Waals surface area contributed by atoms with Crippen molar-refractivity contribution in [3.63, 3.8) is 0 Å². The molecule has 0 unspecified atom stereocenters. The molecule has 0 bridgehead atoms. The minimum Gasteiger partial charge on any atom is -0.366 e. The molecule has 0 fully saturated rings. The molecule has 1 amide bonds. The van der Waals surface area contributed by atoms with Crippen molar-refractivity contribution in [2.75, 3.05) is 0 Å². The van der Waals surface area contributed by atoms with Crippen molar-refractivity contribution < 1.29 is 4.79 Å². The number of amides is 1. The molecular weight excluding hydrogens is 200 g/mol. The molecule has 84 valence electrons. The number of aryl methyl sites for hydroxylation is 1. The standard InChI is InChI=1S/C13H16N2O/c1-8(2)15-7-9(3)12-10(13(14)16)5-4-6-11(12)15/h4-8H,1-3H3,(H2,14,16). The number of nitrogens with two attached hydrogens (primary N) is 1. The lowest BCUT2D eigenvalue weighted by Gasteiger charge is -2.09. The van der Waals surface area contributed by atoms with E-state index < -0.39 is 0 Å². The van der Waals surface area contributed by atoms with Gasteiger partial charge in [-0.2, -0.15) is 0 Å². The Morgan fingerprint density at radius 2 is 2.06 bits per heavy atom. The Bertz CT molecular complexity index is 552. The minimum absolute atomic E-state index is 0.366. The van der Waals surface area contributed by atoms with Gasteiger partial charge in [0.15, 0.2) is 0 Å². The van der Waals surface area contributed by atoms with Crippen LogP contribution >= 0.6 is 0 Å². The molecule has 0 saturated carbocycles. The first kappa shape index (κ1) is 10.7. The van der Waals surface area contributed by atoms with Crippen molar-refractivity contribution in [1.29, 1.82) is 0 Å². The van der Waals surface area contributed by atoms with Crippen LogP contribution in [0.3, 0.4) is 0 Å². The van der Waals surface area contributed by atoms with Gasteiger partial charge in [-0.05, 0) is 38.5 Å². The molecule has 0 aliphatic heterocycles. The van der Waals surface area contributed by atoms with E-state index >= 15 is 0 Å². The van der Waals surface area contributed by atoms with E-state index in [4.69, 9.17) is 5.73 Å². The van der Waals surface area contributed by atoms with Gasteiger partial charge in [0.1, 0.15) is 0 Å². The van der Waals surface area contributed by atoms with Crippen LogP contribution in [0.2, 0.25) is 0 Å². The first-order chi connectivity index (χ1) is 7.52. The van der Waals surface area contributed by atoms with E-state index in [1.807, 2.05) is 19.1 Å². The maximum absolute atomic E-state index is 11.4. The lowest BCUT2D eigenvalue weighted by molar-refractivity contribution is 0.100. The lowest BCUT2D eigenvalue weighted by atomic mass is 10.1. The quantitative estimate of drug-likeness (QED) is 0.824. The average molecular weight is 216 g/mol. The highest BCUT2D eigenvalue weighted by Crippen LogP contribution is 2.26. The molecule has 0 radical (unpaired) electrons. The highest BCUT2D eigenvalue weighted by Gasteiger charge is 2.13. The molecule has 2 aromatic rings. The maximum atomic E-state index is 11.4. The largest absolute Gasteiger partial charge is 0.366 e. The van der Waals surface area contributed by atoms with Gasteiger partial charge in [0.2, 0.25) is 5.91 Å². The highest BCUT2D eigenvalue weighted by atomic mass is 16.1. The van der Waals surface area contributed by atoms with E-state index in [0.717, 1.165) is 16.5 Å². The van der Waals surface area contributed by atoms with E-state index in [0.29, 0.717) is 11.6 Å². The normalized spacial score (nSPS) is 11.2. The van der Waals surface area contributed by atoms with Gasteiger partial charge < -0.3 is 10.3 Å². The molecular formula is C13H16N2O. The predicted molar refractivity (Wildman–Crippen MR) is 65.6 cm³/mol. The fraction of sp³-hybridized carbons (Fsp3) is 0.308. The zero-order valence-electron chi connectivity index (χ0n) is 9.82. The number of benzene rings is 1. The first-order valence-electron chi connectivity index (χ1n) is 5.42. The van der Waals surface area contributed by atoms with Gasteiger partial charge in [0, 0.05) is 28.7 Å². The fourth-order valence-electron chi connectivity index (χ4n) is 2.15. The summed E-state index contributed by atoms with van der Waals surface area (Å²) in [5.41, 5.74) is 8.16. The van der Waals surface area contributed by atoms with Crippen LogP contribution < -0.4 is 5.73 Å². The first-order valence-corrected chi connectivity index (χ1v) is 5.42. The Labute approximate surface area is 94.9 Å². The fourth-order valence-corrected chi connectivity index (χ4v) is 2.15. The van der Waals surface area contributed by atoms with E-state index in [1.54, 1.807) is 6.07 Å². The topological polar surface area (TPSA) is 48.0 Å². The average Bonchev–Trinajstić information content (AvgIpc) is 2.56. The Hall–Kier alpha value is -1.77. The number of aromatic nitrogens is 1. The van der Waals surface area contributed by atoms with E-state index in [-0.39, 0.29) is 5.91 Å². The Balaban J connectivity index is 2.84. The summed E-state index contributed by atoms with van der Waals surface area (Å²) in [6, 6.07) is 6.05. The second kappa shape index (κ2) is 3.67. The lowest BCUT2D eigenvalue weighted by Crippen LogP contribution is -2.11. The number of carbonyl (C=O) groups is 1. The van der Waals surface area contributed by atoms with E-state index in [2.05, 4.69) is 24.6 Å². The Morgan fingerprint density at radius 3 is 2.62 bits per heavy atom. The summed E-state index contributed by atoms with van der Waals surface area (Å²) < 4.78 is 2.16. The van der Waals surface area contributed by atoms with Gasteiger partial charge in [0.25, 0.3) is 0 Å². The zero-order chi connectivity index (χ0) is 11.9. The van der Waals surface area contributed by atoms with Crippen LogP contribution in [0.15, 0.2) is 24.4 Å². The molecule has 1 heterocycles. The molecule has 2 rings (SSSR count). The molecule has 0 aliphatic rings. The molecule has 3 heteroatoms.